The van der Waals surface area contributed by atoms with Crippen molar-refractivity contribution in [2.24, 2.45) is 5.41 Å². The Kier molecular flexibility index (Phi) is 8.64. The normalized spacial score (nSPS) is 19.2. The number of aromatic nitrogens is 2. The van der Waals surface area contributed by atoms with Crippen LogP contribution in [-0.4, -0.2) is 9.55 Å². The van der Waals surface area contributed by atoms with Crippen molar-refractivity contribution in [3.05, 3.63) is 150 Å². The Morgan fingerprint density at radius 1 is 0.483 bits per heavy atom. The molecule has 0 bridgehead atoms. The Balaban J connectivity index is 1.19. The highest BCUT2D eigenvalue weighted by molar-refractivity contribution is 6.09. The largest absolute Gasteiger partial charge is 0.457 e. The topological polar surface area (TPSA) is 27.1 Å². The third kappa shape index (κ3) is 5.98. The first kappa shape index (κ1) is 40.2. The van der Waals surface area contributed by atoms with E-state index in [0.29, 0.717) is 9.18 Å². The molecule has 0 N–H and O–H groups in total. The highest BCUT2D eigenvalue weighted by Crippen LogP contribution is 2.76. The number of rotatable bonds is 6. The number of pyridine rings is 1. The maximum atomic E-state index is 7.04. The van der Waals surface area contributed by atoms with Crippen LogP contribution in [0.25, 0.3) is 27.6 Å². The van der Waals surface area contributed by atoms with Crippen LogP contribution in [0, 0.1) is 12.1 Å². The Morgan fingerprint density at radius 3 is 1.83 bits per heavy atom. The van der Waals surface area contributed by atoms with Gasteiger partial charge in [-0.25, -0.2) is 4.98 Å². The summed E-state index contributed by atoms with van der Waals surface area (Å²) in [6.45, 7) is 34.9. The first-order chi connectivity index (χ1) is 28.0. The number of para-hydroxylation sites is 1. The molecular weight excluding hydrogens is 733 g/mol. The van der Waals surface area contributed by atoms with Gasteiger partial charge in [0.05, 0.1) is 11.0 Å². The van der Waals surface area contributed by atoms with Gasteiger partial charge in [-0.2, -0.15) is 9.18 Å². The van der Waals surface area contributed by atoms with Crippen LogP contribution in [0.4, 0.5) is 22.7 Å². The smallest absolute Gasteiger partial charge is 0.225 e. The highest BCUT2D eigenvalue weighted by Gasteiger charge is 2.78. The summed E-state index contributed by atoms with van der Waals surface area (Å²) in [4.78, 5) is 4.92. The van der Waals surface area contributed by atoms with Gasteiger partial charge in [0.1, 0.15) is 17.3 Å². The summed E-state index contributed by atoms with van der Waals surface area (Å²) in [7, 11) is 0. The summed E-state index contributed by atoms with van der Waals surface area (Å²) in [6.07, 6.45) is 1.94. The van der Waals surface area contributed by atoms with Crippen molar-refractivity contribution in [3.8, 4) is 17.3 Å². The SMILES string of the molecule is CC(C)(C)c1cc(Oc2ccc3c4ccccc4n(-c4cc(C(C)(C)C)ccn4)c3c2)cc([N+]23[CH-][N@+]2(c2cccc(C(C)(C)C(C)(C)C)c2)c2cc(C(C)(C)C)ccc23)c1. The molecule has 9 rings (SSSR count). The first-order valence-corrected chi connectivity index (χ1v) is 21.7. The van der Waals surface area contributed by atoms with Crippen molar-refractivity contribution in [3.63, 3.8) is 0 Å². The van der Waals surface area contributed by atoms with Crippen LogP contribution in [0.15, 0.2) is 121 Å². The van der Waals surface area contributed by atoms with E-state index in [2.05, 4.69) is 223 Å². The minimum Gasteiger partial charge on any atom is -0.457 e. The maximum absolute atomic E-state index is 7.04. The third-order valence-electron chi connectivity index (χ3n) is 14.1. The fraction of sp³-hybridized carbons (Fsp3) is 0.345. The number of quaternary nitrogens is 2. The summed E-state index contributed by atoms with van der Waals surface area (Å²) in [5, 5.41) is 2.37. The summed E-state index contributed by atoms with van der Waals surface area (Å²) in [6, 6.07) is 43.0. The van der Waals surface area contributed by atoms with Crippen molar-refractivity contribution in [2.75, 3.05) is 0 Å². The van der Waals surface area contributed by atoms with Gasteiger partial charge >= 0.3 is 0 Å². The number of ether oxygens (including phenoxy) is 1. The van der Waals surface area contributed by atoms with Gasteiger partial charge < -0.3 is 4.74 Å². The monoisotopic (exact) mass is 795 g/mol. The van der Waals surface area contributed by atoms with E-state index in [0.717, 1.165) is 28.4 Å². The molecule has 0 spiro atoms. The van der Waals surface area contributed by atoms with Crippen LogP contribution >= 0.6 is 0 Å². The standard InChI is InChI=1S/C55H63N4O/c1-51(2,3)36-22-25-48-49(31-36)58(40-19-17-18-38(28-40)55(13,14)54(10,11)12)35-59(48,58)41-29-39(53(7,8)9)30-43(33-41)60-42-23-24-45-44-20-15-16-21-46(44)57(47(45)34-42)50-32-37(26-27-56-50)52(4,5)6/h15-35H,1-14H3/q+1/t58-,59?/m0/s1. The van der Waals surface area contributed by atoms with E-state index >= 15 is 0 Å². The fourth-order valence-electron chi connectivity index (χ4n) is 9.18. The molecular formula is C55H63N4O+. The van der Waals surface area contributed by atoms with Gasteiger partial charge in [0.2, 0.25) is 11.4 Å². The molecule has 5 nitrogen and oxygen atoms in total. The maximum Gasteiger partial charge on any atom is 0.225 e. The Hall–Kier alpha value is -5.23. The summed E-state index contributed by atoms with van der Waals surface area (Å²) < 4.78 is 10.6. The van der Waals surface area contributed by atoms with Gasteiger partial charge in [0.15, 0.2) is 18.0 Å². The molecule has 0 saturated carbocycles. The number of fused-ring (bicyclic) bond motifs is 7. The van der Waals surface area contributed by atoms with Crippen LogP contribution < -0.4 is 13.9 Å². The van der Waals surface area contributed by atoms with E-state index in [1.165, 1.54) is 55.8 Å². The second-order valence-corrected chi connectivity index (χ2v) is 22.1. The average Bonchev–Trinajstić information content (AvgIpc) is 3.67. The van der Waals surface area contributed by atoms with Crippen LogP contribution in [-0.2, 0) is 21.7 Å². The predicted octanol–water partition coefficient (Wildman–Crippen LogP) is 15.5. The zero-order valence-electron chi connectivity index (χ0n) is 38.3. The molecule has 2 aromatic heterocycles. The van der Waals surface area contributed by atoms with Gasteiger partial charge in [0, 0.05) is 59.4 Å². The molecule has 1 fully saturated rings. The van der Waals surface area contributed by atoms with E-state index in [4.69, 9.17) is 9.72 Å². The van der Waals surface area contributed by atoms with E-state index in [1.807, 2.05) is 6.20 Å². The van der Waals surface area contributed by atoms with Crippen LogP contribution in [0.1, 0.15) is 119 Å². The first-order valence-electron chi connectivity index (χ1n) is 21.7. The van der Waals surface area contributed by atoms with Crippen LogP contribution in [0.5, 0.6) is 11.5 Å². The number of hydrogen-bond donors (Lipinski definition) is 0. The van der Waals surface area contributed by atoms with Gasteiger partial charge in [0.25, 0.3) is 0 Å². The van der Waals surface area contributed by atoms with E-state index < -0.39 is 0 Å². The molecule has 4 heterocycles. The molecule has 1 saturated heterocycles. The molecule has 60 heavy (non-hydrogen) atoms. The number of nitrogens with zero attached hydrogens (tertiary/aromatic N) is 4. The highest BCUT2D eigenvalue weighted by atomic mass is 16.5. The van der Waals surface area contributed by atoms with Crippen LogP contribution in [0.2, 0.25) is 0 Å². The Labute approximate surface area is 358 Å². The van der Waals surface area contributed by atoms with Gasteiger partial charge in [-0.05, 0) is 85.7 Å². The predicted molar refractivity (Wildman–Crippen MR) is 254 cm³/mol. The quantitative estimate of drug-likeness (QED) is 0.0952. The lowest BCUT2D eigenvalue weighted by molar-refractivity contribution is 0.225. The van der Waals surface area contributed by atoms with E-state index in [-0.39, 0.29) is 27.1 Å². The van der Waals surface area contributed by atoms with Gasteiger partial charge in [-0.1, -0.05) is 133 Å². The van der Waals surface area contributed by atoms with E-state index in [1.54, 1.807) is 0 Å². The second kappa shape index (κ2) is 12.9. The van der Waals surface area contributed by atoms with Crippen molar-refractivity contribution in [1.82, 2.24) is 18.7 Å². The van der Waals surface area contributed by atoms with Gasteiger partial charge in [-0.3, -0.25) is 4.57 Å². The molecule has 0 amide bonds. The minimum absolute atomic E-state index is 0.00452. The van der Waals surface area contributed by atoms with Gasteiger partial charge in [-0.15, -0.1) is 0 Å². The lowest BCUT2D eigenvalue weighted by Gasteiger charge is -2.42. The molecule has 5 heteroatoms. The fourth-order valence-corrected chi connectivity index (χ4v) is 9.18. The van der Waals surface area contributed by atoms with Crippen molar-refractivity contribution in [2.45, 2.75) is 119 Å². The molecule has 0 aliphatic carbocycles. The lowest BCUT2D eigenvalue weighted by Crippen LogP contribution is -2.47. The Bertz CT molecular complexity index is 2850. The minimum atomic E-state index is -0.112. The van der Waals surface area contributed by atoms with E-state index in [9.17, 15) is 0 Å². The summed E-state index contributed by atoms with van der Waals surface area (Å²) in [5.74, 6) is 2.54. The van der Waals surface area contributed by atoms with Crippen molar-refractivity contribution >= 4 is 44.6 Å². The molecule has 1 unspecified atom stereocenters. The van der Waals surface area contributed by atoms with Crippen molar-refractivity contribution in [1.29, 1.82) is 0 Å². The third-order valence-corrected chi connectivity index (χ3v) is 14.1. The summed E-state index contributed by atoms with van der Waals surface area (Å²) in [5.41, 5.74) is 12.5. The molecule has 2 atom stereocenters. The molecule has 7 aromatic rings. The lowest BCUT2D eigenvalue weighted by atomic mass is 9.65. The zero-order chi connectivity index (χ0) is 43.0. The molecule has 308 valence electrons. The average molecular weight is 796 g/mol. The Morgan fingerprint density at radius 2 is 1.13 bits per heavy atom. The zero-order valence-corrected chi connectivity index (χ0v) is 38.3. The second-order valence-electron chi connectivity index (χ2n) is 22.1. The number of hydrogen-bond acceptors (Lipinski definition) is 2. The molecule has 2 aliphatic heterocycles. The molecule has 2 aliphatic rings. The van der Waals surface area contributed by atoms with Crippen LogP contribution in [0.3, 0.4) is 0 Å². The number of benzene rings is 5. The summed E-state index contributed by atoms with van der Waals surface area (Å²) >= 11 is 0. The van der Waals surface area contributed by atoms with Crippen molar-refractivity contribution < 1.29 is 4.74 Å². The molecule has 0 radical (unpaired) electrons. The molecule has 5 aromatic carbocycles.